The monoisotopic (exact) mass is 1950 g/mol. The fourth-order valence-corrected chi connectivity index (χ4v) is 23.6. The fourth-order valence-electron chi connectivity index (χ4n) is 21.2. The molecule has 9 heterocycles. The van der Waals surface area contributed by atoms with E-state index in [-0.39, 0.29) is 0 Å². The van der Waals surface area contributed by atoms with E-state index >= 15 is 0 Å². The molecule has 0 radical (unpaired) electrons. The first-order valence-electron chi connectivity index (χ1n) is 50.1. The molecule has 0 saturated heterocycles. The predicted molar refractivity (Wildman–Crippen MR) is 621 cm³/mol. The summed E-state index contributed by atoms with van der Waals surface area (Å²) in [4.78, 5) is 45.4. The summed E-state index contributed by atoms with van der Waals surface area (Å²) in [5, 5.41) is 14.7. The Kier molecular flexibility index (Phi) is 22.0. The van der Waals surface area contributed by atoms with Gasteiger partial charge in [0.15, 0.2) is 52.4 Å². The second-order valence-electron chi connectivity index (χ2n) is 37.4. The van der Waals surface area contributed by atoms with Crippen molar-refractivity contribution in [2.24, 2.45) is 0 Å². The molecule has 0 saturated carbocycles. The molecule has 0 aliphatic heterocycles. The molecule has 0 unspecified atom stereocenters. The van der Waals surface area contributed by atoms with Gasteiger partial charge in [0.05, 0.1) is 37.8 Å². The molecular formula is C135H84N12OS2. The lowest BCUT2D eigenvalue weighted by atomic mass is 10.0. The van der Waals surface area contributed by atoms with E-state index in [1.165, 1.54) is 89.3 Å². The summed E-state index contributed by atoms with van der Waals surface area (Å²) >= 11 is 3.72. The van der Waals surface area contributed by atoms with Crippen LogP contribution in [0, 0.1) is 0 Å². The van der Waals surface area contributed by atoms with E-state index < -0.39 is 0 Å². The normalized spacial score (nSPS) is 11.6. The maximum atomic E-state index is 6.30. The molecule has 0 aliphatic rings. The van der Waals surface area contributed by atoms with E-state index in [1.807, 2.05) is 144 Å². The Morgan fingerprint density at radius 2 is 0.453 bits per heavy atom. The highest BCUT2D eigenvalue weighted by Gasteiger charge is 2.26. The van der Waals surface area contributed by atoms with Gasteiger partial charge in [0.25, 0.3) is 0 Å². The third kappa shape index (κ3) is 16.1. The summed E-state index contributed by atoms with van der Waals surface area (Å²) in [5.74, 6) is 5.72. The van der Waals surface area contributed by atoms with Crippen LogP contribution in [-0.4, -0.2) is 58.6 Å². The first-order chi connectivity index (χ1) is 74.3. The number of hydrogen-bond acceptors (Lipinski definition) is 12. The molecule has 15 heteroatoms. The van der Waals surface area contributed by atoms with Crippen molar-refractivity contribution in [3.05, 3.63) is 510 Å². The standard InChI is InChI=1S/C45H28N4O.2C45H28N4S/c2*1-3-13-29(14-4-1)31-17-11-18-32(25-31)44-46-43(30-15-5-2-6-16-30)47-45(48-44)33-19-12-20-34(26-33)49-39-23-9-7-21-35(39)37-28-42-38(27-40(37)49)36-22-8-10-24-41(36)50-42;1-3-12-29(13-4-1)32-16-11-17-33(28-32)45-47-43(30-14-5-2-6-15-30)46-44(48-45)31-22-24-34(25-23-31)49-39-20-9-7-18-35(39)37-26-27-38-36-19-8-10-21-40(36)50-42(38)41(37)49/h3*1-28H. The van der Waals surface area contributed by atoms with Gasteiger partial charge < -0.3 is 18.1 Å². The smallest absolute Gasteiger partial charge is 0.164 e. The molecule has 13 nitrogen and oxygen atoms in total. The second kappa shape index (κ2) is 37.5. The second-order valence-corrected chi connectivity index (χ2v) is 39.6. The zero-order valence-electron chi connectivity index (χ0n) is 80.6. The van der Waals surface area contributed by atoms with Gasteiger partial charge in [-0.3, -0.25) is 0 Å². The molecular weight excluding hydrogens is 1870 g/mol. The number of furan rings is 1. The highest BCUT2D eigenvalue weighted by atomic mass is 32.1. The summed E-state index contributed by atoms with van der Waals surface area (Å²) < 4.78 is 18.6. The Morgan fingerprint density at radius 3 is 0.893 bits per heavy atom. The van der Waals surface area contributed by atoms with Gasteiger partial charge in [0.1, 0.15) is 11.2 Å². The van der Waals surface area contributed by atoms with Crippen LogP contribution < -0.4 is 0 Å². The number of fused-ring (bicyclic) bond motifs is 19. The molecule has 21 aromatic carbocycles. The fraction of sp³-hybridized carbons (Fsp3) is 0. The first kappa shape index (κ1) is 88.0. The Morgan fingerprint density at radius 1 is 0.147 bits per heavy atom. The van der Waals surface area contributed by atoms with Crippen molar-refractivity contribution in [3.63, 3.8) is 0 Å². The molecule has 150 heavy (non-hydrogen) atoms. The average molecular weight is 1950 g/mol. The molecule has 0 fully saturated rings. The average Bonchev–Trinajstić information content (AvgIpc) is 1.59. The van der Waals surface area contributed by atoms with Gasteiger partial charge in [-0.2, -0.15) is 0 Å². The van der Waals surface area contributed by atoms with E-state index in [0.29, 0.717) is 52.4 Å². The SMILES string of the molecule is c1ccc(-c2cccc(-c3nc(-c4ccccc4)nc(-c4ccc(-n5c6ccccc6c6ccc7c8ccccc8sc7c65)cc4)n3)c2)cc1.c1ccc(-c2cccc(-c3nc(-c4ccccc4)nc(-c4cccc(-n5c6ccccc6c6cc7oc8ccccc8c7cc65)c4)n3)c2)cc1.c1ccc(-c2cccc(-c3nc(-c4ccccc4)nc(-c4cccc(-n5c6ccccc6c6cc7sc8ccccc8c7cc65)c4)n3)c2)cc1. The number of benzene rings is 21. The van der Waals surface area contributed by atoms with E-state index in [9.17, 15) is 0 Å². The van der Waals surface area contributed by atoms with Crippen molar-refractivity contribution in [1.82, 2.24) is 58.6 Å². The van der Waals surface area contributed by atoms with Crippen molar-refractivity contribution in [2.75, 3.05) is 0 Å². The maximum Gasteiger partial charge on any atom is 0.164 e. The molecule has 30 rings (SSSR count). The van der Waals surface area contributed by atoms with Crippen molar-refractivity contribution < 1.29 is 4.42 Å². The molecule has 30 aromatic rings. The van der Waals surface area contributed by atoms with Crippen molar-refractivity contribution in [1.29, 1.82) is 0 Å². The lowest BCUT2D eigenvalue weighted by molar-refractivity contribution is 0.669. The maximum absolute atomic E-state index is 6.30. The summed E-state index contributed by atoms with van der Waals surface area (Å²) in [7, 11) is 0. The van der Waals surface area contributed by atoms with Gasteiger partial charge in [-0.25, -0.2) is 44.9 Å². The van der Waals surface area contributed by atoms with Gasteiger partial charge in [-0.05, 0) is 161 Å². The largest absolute Gasteiger partial charge is 0.456 e. The van der Waals surface area contributed by atoms with Gasteiger partial charge in [-0.1, -0.05) is 382 Å². The summed E-state index contributed by atoms with van der Waals surface area (Å²) in [5.41, 5.74) is 27.2. The van der Waals surface area contributed by atoms with Crippen molar-refractivity contribution >= 4 is 150 Å². The van der Waals surface area contributed by atoms with Gasteiger partial charge in [0, 0.05) is 146 Å². The van der Waals surface area contributed by atoms with Gasteiger partial charge >= 0.3 is 0 Å². The molecule has 0 atom stereocenters. The Bertz CT molecular complexity index is 10100. The highest BCUT2D eigenvalue weighted by molar-refractivity contribution is 7.27. The number of para-hydroxylation sites is 4. The molecule has 0 aliphatic carbocycles. The van der Waals surface area contributed by atoms with Crippen LogP contribution in [0.4, 0.5) is 0 Å². The Balaban J connectivity index is 0.000000108. The molecule has 0 bridgehead atoms. The van der Waals surface area contributed by atoms with Gasteiger partial charge in [-0.15, -0.1) is 22.7 Å². The summed E-state index contributed by atoms with van der Waals surface area (Å²) in [6.07, 6.45) is 0. The third-order valence-corrected chi connectivity index (χ3v) is 30.6. The number of aromatic nitrogens is 12. The van der Waals surface area contributed by atoms with E-state index in [1.54, 1.807) is 0 Å². The Labute approximate surface area is 869 Å². The molecule has 702 valence electrons. The quantitative estimate of drug-likeness (QED) is 0.0973. The van der Waals surface area contributed by atoms with Crippen LogP contribution in [0.3, 0.4) is 0 Å². The zero-order chi connectivity index (χ0) is 99.1. The van der Waals surface area contributed by atoms with Crippen LogP contribution in [0.1, 0.15) is 0 Å². The summed E-state index contributed by atoms with van der Waals surface area (Å²) in [6.45, 7) is 0. The molecule has 0 N–H and O–H groups in total. The van der Waals surface area contributed by atoms with E-state index in [2.05, 4.69) is 402 Å². The number of nitrogens with zero attached hydrogens (tertiary/aromatic N) is 12. The minimum Gasteiger partial charge on any atom is -0.456 e. The highest BCUT2D eigenvalue weighted by Crippen LogP contribution is 2.48. The zero-order valence-corrected chi connectivity index (χ0v) is 82.2. The van der Waals surface area contributed by atoms with Crippen LogP contribution >= 0.6 is 22.7 Å². The van der Waals surface area contributed by atoms with Crippen LogP contribution in [-0.2, 0) is 0 Å². The number of hydrogen-bond donors (Lipinski definition) is 0. The third-order valence-electron chi connectivity index (χ3n) is 28.3. The van der Waals surface area contributed by atoms with E-state index in [4.69, 9.17) is 49.3 Å². The minimum absolute atomic E-state index is 0.616. The number of thiophene rings is 2. The predicted octanol–water partition coefficient (Wildman–Crippen LogP) is 35.5. The minimum atomic E-state index is 0.616. The van der Waals surface area contributed by atoms with E-state index in [0.717, 1.165) is 139 Å². The Hall–Kier alpha value is -19.7. The lowest BCUT2D eigenvalue weighted by Gasteiger charge is -2.12. The van der Waals surface area contributed by atoms with Crippen molar-refractivity contribution in [2.45, 2.75) is 0 Å². The lowest BCUT2D eigenvalue weighted by Crippen LogP contribution is -2.01. The van der Waals surface area contributed by atoms with Crippen LogP contribution in [0.2, 0.25) is 0 Å². The topological polar surface area (TPSA) is 144 Å². The van der Waals surface area contributed by atoms with Crippen LogP contribution in [0.15, 0.2) is 514 Å². The molecule has 0 amide bonds. The molecule has 9 aromatic heterocycles. The molecule has 0 spiro atoms. The van der Waals surface area contributed by atoms with Crippen LogP contribution in [0.5, 0.6) is 0 Å². The first-order valence-corrected chi connectivity index (χ1v) is 51.7. The van der Waals surface area contributed by atoms with Gasteiger partial charge in [0.2, 0.25) is 0 Å². The number of rotatable bonds is 15. The van der Waals surface area contributed by atoms with Crippen LogP contribution in [0.25, 0.3) is 281 Å². The summed E-state index contributed by atoms with van der Waals surface area (Å²) in [6, 6.07) is 178. The van der Waals surface area contributed by atoms with Crippen molar-refractivity contribution in [3.8, 4) is 153 Å².